The van der Waals surface area contributed by atoms with Crippen molar-refractivity contribution in [1.82, 2.24) is 0 Å². The van der Waals surface area contributed by atoms with E-state index >= 15 is 0 Å². The molecule has 0 saturated heterocycles. The molecular formula is C22H21I. The highest BCUT2D eigenvalue weighted by atomic mass is 127. The Balaban J connectivity index is 2.29. The summed E-state index contributed by atoms with van der Waals surface area (Å²) < 4.78 is 1.33. The van der Waals surface area contributed by atoms with Gasteiger partial charge < -0.3 is 0 Å². The molecule has 0 aromatic heterocycles. The average molecular weight is 412 g/mol. The van der Waals surface area contributed by atoms with Gasteiger partial charge in [0.15, 0.2) is 0 Å². The van der Waals surface area contributed by atoms with Crippen LogP contribution in [0.1, 0.15) is 26.3 Å². The van der Waals surface area contributed by atoms with Crippen molar-refractivity contribution in [2.45, 2.75) is 26.2 Å². The van der Waals surface area contributed by atoms with E-state index in [1.54, 1.807) is 0 Å². The van der Waals surface area contributed by atoms with E-state index in [9.17, 15) is 0 Å². The van der Waals surface area contributed by atoms with Crippen LogP contribution in [0.3, 0.4) is 0 Å². The van der Waals surface area contributed by atoms with Crippen molar-refractivity contribution in [2.24, 2.45) is 0 Å². The molecule has 0 bridgehead atoms. The van der Waals surface area contributed by atoms with Gasteiger partial charge in [0.25, 0.3) is 0 Å². The third-order valence-electron chi connectivity index (χ3n) is 4.10. The maximum atomic E-state index is 2.51. The van der Waals surface area contributed by atoms with E-state index in [4.69, 9.17) is 0 Å². The molecule has 3 aromatic rings. The molecule has 0 saturated carbocycles. The molecule has 0 aliphatic heterocycles. The Morgan fingerprint density at radius 1 is 0.652 bits per heavy atom. The standard InChI is InChI=1S/C22H21I/c1-22(2,3)19-15-14-18(16-10-6-4-7-11-16)21(23)20(19)17-12-8-5-9-13-17/h4-15H,1-3H3. The van der Waals surface area contributed by atoms with E-state index in [2.05, 4.69) is 116 Å². The number of benzene rings is 3. The molecule has 0 atom stereocenters. The first-order chi connectivity index (χ1) is 11.0. The van der Waals surface area contributed by atoms with Crippen LogP contribution in [-0.4, -0.2) is 0 Å². The molecule has 0 aliphatic rings. The van der Waals surface area contributed by atoms with Gasteiger partial charge in [-0.1, -0.05) is 93.6 Å². The number of hydrogen-bond donors (Lipinski definition) is 0. The second-order valence-electron chi connectivity index (χ2n) is 6.83. The Bertz CT molecular complexity index is 797. The highest BCUT2D eigenvalue weighted by Crippen LogP contribution is 2.40. The normalized spacial score (nSPS) is 11.5. The first-order valence-electron chi connectivity index (χ1n) is 7.92. The zero-order valence-corrected chi connectivity index (χ0v) is 16.0. The molecule has 3 rings (SSSR count). The van der Waals surface area contributed by atoms with E-state index in [1.807, 2.05) is 0 Å². The van der Waals surface area contributed by atoms with Crippen molar-refractivity contribution in [2.75, 3.05) is 0 Å². The van der Waals surface area contributed by atoms with Gasteiger partial charge in [0.05, 0.1) is 0 Å². The topological polar surface area (TPSA) is 0 Å². The minimum atomic E-state index is 0.111. The quantitative estimate of drug-likeness (QED) is 0.401. The van der Waals surface area contributed by atoms with Gasteiger partial charge in [-0.05, 0) is 55.8 Å². The van der Waals surface area contributed by atoms with Crippen molar-refractivity contribution in [3.8, 4) is 22.3 Å². The second-order valence-corrected chi connectivity index (χ2v) is 7.91. The first kappa shape index (κ1) is 16.3. The maximum Gasteiger partial charge on any atom is 0.0290 e. The van der Waals surface area contributed by atoms with Gasteiger partial charge in [-0.2, -0.15) is 0 Å². The van der Waals surface area contributed by atoms with Crippen LogP contribution in [0.25, 0.3) is 22.3 Å². The van der Waals surface area contributed by atoms with Gasteiger partial charge in [0.2, 0.25) is 0 Å². The summed E-state index contributed by atoms with van der Waals surface area (Å²) in [4.78, 5) is 0. The van der Waals surface area contributed by atoms with Gasteiger partial charge in [0.1, 0.15) is 0 Å². The third kappa shape index (κ3) is 3.35. The Morgan fingerprint density at radius 3 is 1.70 bits per heavy atom. The van der Waals surface area contributed by atoms with E-state index in [1.165, 1.54) is 31.4 Å². The molecule has 0 radical (unpaired) electrons. The SMILES string of the molecule is CC(C)(C)c1ccc(-c2ccccc2)c(I)c1-c1ccccc1. The second kappa shape index (κ2) is 6.48. The number of hydrogen-bond acceptors (Lipinski definition) is 0. The molecule has 23 heavy (non-hydrogen) atoms. The molecule has 0 unspecified atom stereocenters. The lowest BCUT2D eigenvalue weighted by Gasteiger charge is -2.25. The summed E-state index contributed by atoms with van der Waals surface area (Å²) in [6.45, 7) is 6.85. The van der Waals surface area contributed by atoms with E-state index in [0.717, 1.165) is 0 Å². The largest absolute Gasteiger partial charge is 0.0622 e. The predicted molar refractivity (Wildman–Crippen MR) is 109 cm³/mol. The van der Waals surface area contributed by atoms with Crippen molar-refractivity contribution < 1.29 is 0 Å². The molecule has 1 heteroatoms. The molecule has 0 spiro atoms. The minimum Gasteiger partial charge on any atom is -0.0622 e. The molecule has 0 aliphatic carbocycles. The molecular weight excluding hydrogens is 391 g/mol. The molecule has 3 aromatic carbocycles. The van der Waals surface area contributed by atoms with Crippen molar-refractivity contribution >= 4 is 22.6 Å². The van der Waals surface area contributed by atoms with Crippen LogP contribution >= 0.6 is 22.6 Å². The van der Waals surface area contributed by atoms with Crippen LogP contribution in [-0.2, 0) is 5.41 Å². The summed E-state index contributed by atoms with van der Waals surface area (Å²) in [6, 6.07) is 25.9. The molecule has 0 fully saturated rings. The smallest absolute Gasteiger partial charge is 0.0290 e. The van der Waals surface area contributed by atoms with E-state index in [0.29, 0.717) is 0 Å². The van der Waals surface area contributed by atoms with Crippen LogP contribution in [0.15, 0.2) is 72.8 Å². The fraction of sp³-hybridized carbons (Fsp3) is 0.182. The van der Waals surface area contributed by atoms with Crippen molar-refractivity contribution in [1.29, 1.82) is 0 Å². The lowest BCUT2D eigenvalue weighted by atomic mass is 9.80. The highest BCUT2D eigenvalue weighted by Gasteiger charge is 2.22. The number of rotatable bonds is 2. The number of halogens is 1. The van der Waals surface area contributed by atoms with Gasteiger partial charge in [-0.25, -0.2) is 0 Å². The first-order valence-corrected chi connectivity index (χ1v) is 9.00. The van der Waals surface area contributed by atoms with Gasteiger partial charge in [0, 0.05) is 3.57 Å². The maximum absolute atomic E-state index is 2.51. The third-order valence-corrected chi connectivity index (χ3v) is 5.22. The zero-order valence-electron chi connectivity index (χ0n) is 13.8. The molecule has 0 heterocycles. The van der Waals surface area contributed by atoms with E-state index < -0.39 is 0 Å². The van der Waals surface area contributed by atoms with Crippen LogP contribution in [0.5, 0.6) is 0 Å². The van der Waals surface area contributed by atoms with Crippen LogP contribution in [0.4, 0.5) is 0 Å². The van der Waals surface area contributed by atoms with Crippen molar-refractivity contribution in [3.05, 3.63) is 81.9 Å². The molecule has 0 amide bonds. The Hall–Kier alpha value is -1.61. The zero-order chi connectivity index (χ0) is 16.4. The minimum absolute atomic E-state index is 0.111. The van der Waals surface area contributed by atoms with Gasteiger partial charge in [-0.3, -0.25) is 0 Å². The monoisotopic (exact) mass is 412 g/mol. The predicted octanol–water partition coefficient (Wildman–Crippen LogP) is 6.92. The van der Waals surface area contributed by atoms with Crippen molar-refractivity contribution in [3.63, 3.8) is 0 Å². The average Bonchev–Trinajstić information content (AvgIpc) is 2.55. The van der Waals surface area contributed by atoms with Gasteiger partial charge in [-0.15, -0.1) is 0 Å². The fourth-order valence-corrected chi connectivity index (χ4v) is 4.02. The Morgan fingerprint density at radius 2 is 1.17 bits per heavy atom. The lowest BCUT2D eigenvalue weighted by Crippen LogP contribution is -2.14. The Labute approximate surface area is 152 Å². The highest BCUT2D eigenvalue weighted by molar-refractivity contribution is 14.1. The summed E-state index contributed by atoms with van der Waals surface area (Å²) >= 11 is 2.51. The fourth-order valence-electron chi connectivity index (χ4n) is 2.93. The molecule has 0 nitrogen and oxygen atoms in total. The summed E-state index contributed by atoms with van der Waals surface area (Å²) in [5.74, 6) is 0. The molecule has 116 valence electrons. The summed E-state index contributed by atoms with van der Waals surface area (Å²) in [7, 11) is 0. The summed E-state index contributed by atoms with van der Waals surface area (Å²) in [5, 5.41) is 0. The lowest BCUT2D eigenvalue weighted by molar-refractivity contribution is 0.591. The van der Waals surface area contributed by atoms with Gasteiger partial charge >= 0.3 is 0 Å². The molecule has 0 N–H and O–H groups in total. The van der Waals surface area contributed by atoms with Crippen LogP contribution in [0, 0.1) is 3.57 Å². The van der Waals surface area contributed by atoms with Crippen LogP contribution in [0.2, 0.25) is 0 Å². The van der Waals surface area contributed by atoms with E-state index in [-0.39, 0.29) is 5.41 Å². The summed E-state index contributed by atoms with van der Waals surface area (Å²) in [6.07, 6.45) is 0. The summed E-state index contributed by atoms with van der Waals surface area (Å²) in [5.41, 5.74) is 6.74. The van der Waals surface area contributed by atoms with Crippen LogP contribution < -0.4 is 0 Å². The Kier molecular flexibility index (Phi) is 4.58.